The SMILES string of the molecule is O=S(=O)(CCCCO)Nc1ccc(Br)cc1Cl. The lowest BCUT2D eigenvalue weighted by atomic mass is 10.3. The van der Waals surface area contributed by atoms with Crippen LogP contribution >= 0.6 is 27.5 Å². The Morgan fingerprint density at radius 3 is 2.65 bits per heavy atom. The van der Waals surface area contributed by atoms with Crippen molar-refractivity contribution < 1.29 is 13.5 Å². The van der Waals surface area contributed by atoms with Crippen molar-refractivity contribution in [3.8, 4) is 0 Å². The van der Waals surface area contributed by atoms with Crippen molar-refractivity contribution in [1.29, 1.82) is 0 Å². The van der Waals surface area contributed by atoms with Crippen molar-refractivity contribution in [2.24, 2.45) is 0 Å². The second-order valence-electron chi connectivity index (χ2n) is 3.48. The molecule has 0 radical (unpaired) electrons. The van der Waals surface area contributed by atoms with Crippen molar-refractivity contribution in [3.63, 3.8) is 0 Å². The molecule has 7 heteroatoms. The molecular weight excluding hydrogens is 330 g/mol. The number of unbranched alkanes of at least 4 members (excludes halogenated alkanes) is 1. The van der Waals surface area contributed by atoms with Gasteiger partial charge < -0.3 is 5.11 Å². The van der Waals surface area contributed by atoms with Crippen molar-refractivity contribution in [1.82, 2.24) is 0 Å². The van der Waals surface area contributed by atoms with E-state index in [0.29, 0.717) is 23.6 Å². The van der Waals surface area contributed by atoms with Crippen LogP contribution in [0.25, 0.3) is 0 Å². The van der Waals surface area contributed by atoms with Crippen molar-refractivity contribution in [2.45, 2.75) is 12.8 Å². The topological polar surface area (TPSA) is 66.4 Å². The summed E-state index contributed by atoms with van der Waals surface area (Å²) in [6, 6.07) is 4.92. The molecule has 1 aromatic rings. The number of rotatable bonds is 6. The first kappa shape index (κ1) is 14.8. The first-order valence-electron chi connectivity index (χ1n) is 5.01. The van der Waals surface area contributed by atoms with E-state index in [-0.39, 0.29) is 12.4 Å². The maximum absolute atomic E-state index is 11.6. The van der Waals surface area contributed by atoms with Crippen molar-refractivity contribution in [3.05, 3.63) is 27.7 Å². The fraction of sp³-hybridized carbons (Fsp3) is 0.400. The van der Waals surface area contributed by atoms with Crippen LogP contribution in [0.3, 0.4) is 0 Å². The van der Waals surface area contributed by atoms with Gasteiger partial charge in [-0.25, -0.2) is 8.42 Å². The Hall–Kier alpha value is -0.300. The number of hydrogen-bond donors (Lipinski definition) is 2. The smallest absolute Gasteiger partial charge is 0.232 e. The van der Waals surface area contributed by atoms with E-state index in [1.54, 1.807) is 18.2 Å². The summed E-state index contributed by atoms with van der Waals surface area (Å²) in [4.78, 5) is 0. The Bertz CT molecular complexity index is 478. The van der Waals surface area contributed by atoms with Crippen molar-refractivity contribution in [2.75, 3.05) is 17.1 Å². The fourth-order valence-electron chi connectivity index (χ4n) is 1.19. The highest BCUT2D eigenvalue weighted by molar-refractivity contribution is 9.10. The van der Waals surface area contributed by atoms with Gasteiger partial charge in [0, 0.05) is 11.1 Å². The lowest BCUT2D eigenvalue weighted by Gasteiger charge is -2.09. The van der Waals surface area contributed by atoms with Gasteiger partial charge in [-0.2, -0.15) is 0 Å². The lowest BCUT2D eigenvalue weighted by Crippen LogP contribution is -2.17. The second-order valence-corrected chi connectivity index (χ2v) is 6.64. The first-order valence-corrected chi connectivity index (χ1v) is 7.83. The highest BCUT2D eigenvalue weighted by atomic mass is 79.9. The van der Waals surface area contributed by atoms with Crippen molar-refractivity contribution >= 4 is 43.2 Å². The van der Waals surface area contributed by atoms with Gasteiger partial charge in [-0.15, -0.1) is 0 Å². The standard InChI is InChI=1S/C10H13BrClNO3S/c11-8-3-4-10(9(12)7-8)13-17(15,16)6-2-1-5-14/h3-4,7,13-14H,1-2,5-6H2. The first-order chi connectivity index (χ1) is 7.94. The van der Waals surface area contributed by atoms with Gasteiger partial charge in [0.15, 0.2) is 0 Å². The van der Waals surface area contributed by atoms with E-state index in [1.807, 2.05) is 0 Å². The average Bonchev–Trinajstić information content (AvgIpc) is 2.22. The minimum atomic E-state index is -3.40. The Labute approximate surface area is 114 Å². The molecule has 0 spiro atoms. The van der Waals surface area contributed by atoms with Gasteiger partial charge in [0.2, 0.25) is 10.0 Å². The summed E-state index contributed by atoms with van der Waals surface area (Å²) in [7, 11) is -3.40. The number of aliphatic hydroxyl groups is 1. The molecule has 0 heterocycles. The number of benzene rings is 1. The van der Waals surface area contributed by atoms with E-state index in [0.717, 1.165) is 4.47 Å². The third kappa shape index (κ3) is 5.25. The summed E-state index contributed by atoms with van der Waals surface area (Å²) in [5.41, 5.74) is 0.360. The van der Waals surface area contributed by atoms with Gasteiger partial charge in [-0.05, 0) is 31.0 Å². The average molecular weight is 343 g/mol. The maximum Gasteiger partial charge on any atom is 0.232 e. The van der Waals surface area contributed by atoms with Crippen LogP contribution in [0.4, 0.5) is 5.69 Å². The molecule has 0 aliphatic carbocycles. The Balaban J connectivity index is 2.69. The molecule has 1 rings (SSSR count). The zero-order chi connectivity index (χ0) is 12.9. The van der Waals surface area contributed by atoms with Crippen LogP contribution in [0.1, 0.15) is 12.8 Å². The minimum absolute atomic E-state index is 0.00540. The second kappa shape index (κ2) is 6.58. The molecule has 96 valence electrons. The molecule has 0 unspecified atom stereocenters. The number of sulfonamides is 1. The number of hydrogen-bond acceptors (Lipinski definition) is 3. The molecule has 0 atom stereocenters. The summed E-state index contributed by atoms with van der Waals surface area (Å²) >= 11 is 9.14. The van der Waals surface area contributed by atoms with E-state index < -0.39 is 10.0 Å². The van der Waals surface area contributed by atoms with Gasteiger partial charge >= 0.3 is 0 Å². The van der Waals surface area contributed by atoms with E-state index >= 15 is 0 Å². The maximum atomic E-state index is 11.6. The third-order valence-electron chi connectivity index (χ3n) is 2.02. The Kier molecular flexibility index (Phi) is 5.72. The van der Waals surface area contributed by atoms with Gasteiger partial charge in [0.1, 0.15) is 0 Å². The van der Waals surface area contributed by atoms with Crippen LogP contribution in [-0.2, 0) is 10.0 Å². The number of nitrogens with one attached hydrogen (secondary N) is 1. The third-order valence-corrected chi connectivity index (χ3v) is 4.18. The highest BCUT2D eigenvalue weighted by Gasteiger charge is 2.12. The molecule has 1 aromatic carbocycles. The molecular formula is C10H13BrClNO3S. The molecule has 0 aliphatic heterocycles. The van der Waals surface area contributed by atoms with E-state index in [2.05, 4.69) is 20.7 Å². The van der Waals surface area contributed by atoms with E-state index in [9.17, 15) is 8.42 Å². The van der Waals surface area contributed by atoms with Gasteiger partial charge in [-0.3, -0.25) is 4.72 Å². The van der Waals surface area contributed by atoms with Crippen LogP contribution < -0.4 is 4.72 Å². The largest absolute Gasteiger partial charge is 0.396 e. The van der Waals surface area contributed by atoms with E-state index in [4.69, 9.17) is 16.7 Å². The molecule has 17 heavy (non-hydrogen) atoms. The number of halogens is 2. The summed E-state index contributed by atoms with van der Waals surface area (Å²) < 4.78 is 26.5. The molecule has 0 saturated heterocycles. The zero-order valence-electron chi connectivity index (χ0n) is 8.99. The Morgan fingerprint density at radius 2 is 2.06 bits per heavy atom. The molecule has 4 nitrogen and oxygen atoms in total. The van der Waals surface area contributed by atoms with Crippen LogP contribution in [0, 0.1) is 0 Å². The Morgan fingerprint density at radius 1 is 1.35 bits per heavy atom. The molecule has 0 saturated carbocycles. The normalized spacial score (nSPS) is 11.5. The number of anilines is 1. The number of aliphatic hydroxyl groups excluding tert-OH is 1. The summed E-state index contributed by atoms with van der Waals surface area (Å²) in [6.07, 6.45) is 0.884. The van der Waals surface area contributed by atoms with Crippen LogP contribution in [-0.4, -0.2) is 25.9 Å². The van der Waals surface area contributed by atoms with E-state index in [1.165, 1.54) is 0 Å². The predicted octanol–water partition coefficient (Wildman–Crippen LogP) is 2.62. The molecule has 0 bridgehead atoms. The fourth-order valence-corrected chi connectivity index (χ4v) is 3.17. The van der Waals surface area contributed by atoms with Gasteiger partial charge in [0.05, 0.1) is 16.5 Å². The van der Waals surface area contributed by atoms with Gasteiger partial charge in [0.25, 0.3) is 0 Å². The zero-order valence-corrected chi connectivity index (χ0v) is 12.1. The molecule has 0 amide bonds. The molecule has 0 aliphatic rings. The minimum Gasteiger partial charge on any atom is -0.396 e. The lowest BCUT2D eigenvalue weighted by molar-refractivity contribution is 0.287. The van der Waals surface area contributed by atoms with Gasteiger partial charge in [-0.1, -0.05) is 27.5 Å². The van der Waals surface area contributed by atoms with Crippen LogP contribution in [0.5, 0.6) is 0 Å². The predicted molar refractivity (Wildman–Crippen MR) is 72.9 cm³/mol. The molecule has 0 aromatic heterocycles. The molecule has 2 N–H and O–H groups in total. The van der Waals surface area contributed by atoms with Crippen LogP contribution in [0.2, 0.25) is 5.02 Å². The summed E-state index contributed by atoms with van der Waals surface area (Å²) in [6.45, 7) is -0.00540. The monoisotopic (exact) mass is 341 g/mol. The summed E-state index contributed by atoms with van der Waals surface area (Å²) in [5.74, 6) is -0.0278. The molecule has 0 fully saturated rings. The quantitative estimate of drug-likeness (QED) is 0.781. The highest BCUT2D eigenvalue weighted by Crippen LogP contribution is 2.26. The van der Waals surface area contributed by atoms with Crippen LogP contribution in [0.15, 0.2) is 22.7 Å². The summed E-state index contributed by atoms with van der Waals surface area (Å²) in [5, 5.41) is 8.92.